The van der Waals surface area contributed by atoms with Crippen molar-refractivity contribution in [2.24, 2.45) is 5.73 Å². The first kappa shape index (κ1) is 13.2. The second kappa shape index (κ2) is 4.95. The number of methoxy groups -OCH3 is 1. The largest absolute Gasteiger partial charge is 0.497 e. The van der Waals surface area contributed by atoms with Crippen LogP contribution >= 0.6 is 0 Å². The first-order chi connectivity index (χ1) is 9.63. The van der Waals surface area contributed by atoms with Crippen LogP contribution in [0.25, 0.3) is 0 Å². The number of fused-ring (bicyclic) bond motifs is 1. The molecule has 2 N–H and O–H groups in total. The minimum atomic E-state index is -0.393. The van der Waals surface area contributed by atoms with Crippen LogP contribution in [0.2, 0.25) is 0 Å². The summed E-state index contributed by atoms with van der Waals surface area (Å²) < 4.78 is 5.37. The maximum Gasteiger partial charge on any atom is 0.119 e. The molecule has 0 saturated heterocycles. The third kappa shape index (κ3) is 2.10. The van der Waals surface area contributed by atoms with Gasteiger partial charge < -0.3 is 10.5 Å². The van der Waals surface area contributed by atoms with E-state index in [0.717, 1.165) is 25.0 Å². The molecule has 0 radical (unpaired) electrons. The van der Waals surface area contributed by atoms with E-state index in [1.54, 1.807) is 7.11 Å². The van der Waals surface area contributed by atoms with Gasteiger partial charge >= 0.3 is 0 Å². The molecule has 2 nitrogen and oxygen atoms in total. The Morgan fingerprint density at radius 1 is 1.10 bits per heavy atom. The molecule has 1 unspecified atom stereocenters. The molecule has 0 aromatic heterocycles. The normalized spacial score (nSPS) is 21.4. The molecule has 104 valence electrons. The number of rotatable bonds is 2. The smallest absolute Gasteiger partial charge is 0.119 e. The van der Waals surface area contributed by atoms with Crippen molar-refractivity contribution < 1.29 is 4.74 Å². The molecule has 0 aliphatic heterocycles. The summed E-state index contributed by atoms with van der Waals surface area (Å²) in [6.45, 7) is 2.10. The lowest BCUT2D eigenvalue weighted by atomic mass is 9.73. The molecule has 3 rings (SSSR count). The fourth-order valence-electron chi connectivity index (χ4n) is 3.16. The summed E-state index contributed by atoms with van der Waals surface area (Å²) in [6, 6.07) is 14.9. The highest BCUT2D eigenvalue weighted by Crippen LogP contribution is 2.40. The van der Waals surface area contributed by atoms with Crippen LogP contribution in [-0.2, 0) is 12.0 Å². The lowest BCUT2D eigenvalue weighted by Crippen LogP contribution is -2.41. The molecule has 2 aromatic rings. The first-order valence-electron chi connectivity index (χ1n) is 7.17. The van der Waals surface area contributed by atoms with Gasteiger partial charge in [-0.25, -0.2) is 0 Å². The Balaban J connectivity index is 2.13. The van der Waals surface area contributed by atoms with Gasteiger partial charge in [0.2, 0.25) is 0 Å². The Kier molecular flexibility index (Phi) is 3.27. The SMILES string of the molecule is COc1ccc2c(c1)C(N)(c1ccc(C)cc1)CCC2. The van der Waals surface area contributed by atoms with E-state index in [-0.39, 0.29) is 0 Å². The first-order valence-corrected chi connectivity index (χ1v) is 7.17. The standard InChI is InChI=1S/C18H21NO/c1-13-5-8-15(9-6-13)18(19)11-3-4-14-7-10-16(20-2)12-17(14)18/h5-10,12H,3-4,11,19H2,1-2H3. The highest BCUT2D eigenvalue weighted by Gasteiger charge is 2.34. The van der Waals surface area contributed by atoms with Gasteiger partial charge in [0.05, 0.1) is 12.6 Å². The number of ether oxygens (including phenoxy) is 1. The number of hydrogen-bond acceptors (Lipinski definition) is 2. The summed E-state index contributed by atoms with van der Waals surface area (Å²) in [6.07, 6.45) is 3.21. The minimum absolute atomic E-state index is 0.393. The van der Waals surface area contributed by atoms with Gasteiger partial charge in [0.25, 0.3) is 0 Å². The van der Waals surface area contributed by atoms with Crippen LogP contribution in [0.4, 0.5) is 0 Å². The monoisotopic (exact) mass is 267 g/mol. The summed E-state index contributed by atoms with van der Waals surface area (Å²) in [5.74, 6) is 0.882. The van der Waals surface area contributed by atoms with Gasteiger partial charge in [-0.1, -0.05) is 35.9 Å². The summed E-state index contributed by atoms with van der Waals surface area (Å²) in [4.78, 5) is 0. The van der Waals surface area contributed by atoms with E-state index in [0.29, 0.717) is 0 Å². The zero-order chi connectivity index (χ0) is 14.2. The van der Waals surface area contributed by atoms with Crippen molar-refractivity contribution in [3.05, 3.63) is 64.7 Å². The summed E-state index contributed by atoms with van der Waals surface area (Å²) in [7, 11) is 1.70. The van der Waals surface area contributed by atoms with Crippen molar-refractivity contribution in [2.75, 3.05) is 7.11 Å². The van der Waals surface area contributed by atoms with E-state index < -0.39 is 5.54 Å². The lowest BCUT2D eigenvalue weighted by molar-refractivity contribution is 0.404. The Bertz CT molecular complexity index is 618. The Morgan fingerprint density at radius 2 is 1.85 bits per heavy atom. The van der Waals surface area contributed by atoms with Gasteiger partial charge in [0.1, 0.15) is 5.75 Å². The van der Waals surface area contributed by atoms with Gasteiger partial charge in [0.15, 0.2) is 0 Å². The van der Waals surface area contributed by atoms with Crippen LogP contribution in [0.15, 0.2) is 42.5 Å². The zero-order valence-corrected chi connectivity index (χ0v) is 12.1. The number of nitrogens with two attached hydrogens (primary N) is 1. The molecule has 0 spiro atoms. The molecule has 2 aromatic carbocycles. The Labute approximate surface area is 120 Å². The maximum absolute atomic E-state index is 6.81. The second-order valence-corrected chi connectivity index (χ2v) is 5.71. The third-order valence-corrected chi connectivity index (χ3v) is 4.38. The van der Waals surface area contributed by atoms with E-state index >= 15 is 0 Å². The van der Waals surface area contributed by atoms with E-state index in [4.69, 9.17) is 10.5 Å². The second-order valence-electron chi connectivity index (χ2n) is 5.71. The van der Waals surface area contributed by atoms with Gasteiger partial charge in [-0.3, -0.25) is 0 Å². The van der Waals surface area contributed by atoms with Crippen molar-refractivity contribution in [1.29, 1.82) is 0 Å². The molecule has 20 heavy (non-hydrogen) atoms. The van der Waals surface area contributed by atoms with E-state index in [1.165, 1.54) is 22.3 Å². The third-order valence-electron chi connectivity index (χ3n) is 4.38. The fourth-order valence-corrected chi connectivity index (χ4v) is 3.16. The molecular formula is C18H21NO. The maximum atomic E-state index is 6.81. The van der Waals surface area contributed by atoms with Crippen LogP contribution in [0.5, 0.6) is 5.75 Å². The molecule has 1 aliphatic carbocycles. The number of benzene rings is 2. The van der Waals surface area contributed by atoms with Crippen LogP contribution in [0.1, 0.15) is 35.1 Å². The fraction of sp³-hybridized carbons (Fsp3) is 0.333. The van der Waals surface area contributed by atoms with E-state index in [1.807, 2.05) is 6.07 Å². The van der Waals surface area contributed by atoms with Crippen molar-refractivity contribution >= 4 is 0 Å². The predicted octanol–water partition coefficient (Wildman–Crippen LogP) is 3.54. The molecule has 1 aliphatic rings. The average Bonchev–Trinajstić information content (AvgIpc) is 2.48. The van der Waals surface area contributed by atoms with Crippen LogP contribution in [0.3, 0.4) is 0 Å². The lowest BCUT2D eigenvalue weighted by Gasteiger charge is -2.36. The molecule has 0 amide bonds. The van der Waals surface area contributed by atoms with Gasteiger partial charge in [-0.2, -0.15) is 0 Å². The summed E-state index contributed by atoms with van der Waals surface area (Å²) >= 11 is 0. The minimum Gasteiger partial charge on any atom is -0.497 e. The van der Waals surface area contributed by atoms with E-state index in [9.17, 15) is 0 Å². The van der Waals surface area contributed by atoms with Crippen molar-refractivity contribution in [3.8, 4) is 5.75 Å². The van der Waals surface area contributed by atoms with Gasteiger partial charge in [-0.15, -0.1) is 0 Å². The van der Waals surface area contributed by atoms with Crippen LogP contribution in [-0.4, -0.2) is 7.11 Å². The van der Waals surface area contributed by atoms with Gasteiger partial charge in [-0.05, 0) is 55.0 Å². The molecule has 0 heterocycles. The van der Waals surface area contributed by atoms with Gasteiger partial charge in [0, 0.05) is 0 Å². The highest BCUT2D eigenvalue weighted by atomic mass is 16.5. The van der Waals surface area contributed by atoms with Crippen molar-refractivity contribution in [2.45, 2.75) is 31.7 Å². The molecule has 0 fully saturated rings. The Hall–Kier alpha value is -1.80. The summed E-state index contributed by atoms with van der Waals surface area (Å²) in [5, 5.41) is 0. The van der Waals surface area contributed by atoms with Crippen LogP contribution < -0.4 is 10.5 Å². The molecule has 0 bridgehead atoms. The molecular weight excluding hydrogens is 246 g/mol. The number of aryl methyl sites for hydroxylation is 2. The van der Waals surface area contributed by atoms with E-state index in [2.05, 4.69) is 43.3 Å². The molecule has 2 heteroatoms. The quantitative estimate of drug-likeness (QED) is 0.903. The molecule has 1 atom stereocenters. The Morgan fingerprint density at radius 3 is 2.55 bits per heavy atom. The topological polar surface area (TPSA) is 35.2 Å². The predicted molar refractivity (Wildman–Crippen MR) is 82.1 cm³/mol. The summed E-state index contributed by atoms with van der Waals surface area (Å²) in [5.41, 5.74) is 11.4. The highest BCUT2D eigenvalue weighted by molar-refractivity contribution is 5.48. The van der Waals surface area contributed by atoms with Crippen molar-refractivity contribution in [3.63, 3.8) is 0 Å². The molecule has 0 saturated carbocycles. The average molecular weight is 267 g/mol. The van der Waals surface area contributed by atoms with Crippen molar-refractivity contribution in [1.82, 2.24) is 0 Å². The van der Waals surface area contributed by atoms with Crippen LogP contribution in [0, 0.1) is 6.92 Å². The zero-order valence-electron chi connectivity index (χ0n) is 12.1. The number of hydrogen-bond donors (Lipinski definition) is 1.